The van der Waals surface area contributed by atoms with Gasteiger partial charge in [-0.15, -0.1) is 0 Å². The molecule has 1 aromatic rings. The van der Waals surface area contributed by atoms with Crippen molar-refractivity contribution >= 4 is 0 Å². The van der Waals surface area contributed by atoms with Gasteiger partial charge >= 0.3 is 0 Å². The van der Waals surface area contributed by atoms with Gasteiger partial charge in [-0.25, -0.2) is 0 Å². The molecule has 0 saturated heterocycles. The predicted molar refractivity (Wildman–Crippen MR) is 76.0 cm³/mol. The van der Waals surface area contributed by atoms with Gasteiger partial charge in [0.25, 0.3) is 0 Å². The van der Waals surface area contributed by atoms with Crippen molar-refractivity contribution in [3.8, 4) is 5.75 Å². The maximum atomic E-state index is 6.15. The second-order valence-electron chi connectivity index (χ2n) is 6.47. The molecule has 2 heteroatoms. The normalized spacial score (nSPS) is 18.9. The summed E-state index contributed by atoms with van der Waals surface area (Å²) >= 11 is 0. The predicted octanol–water partition coefficient (Wildman–Crippen LogP) is 3.63. The fraction of sp³-hybridized carbons (Fsp3) is 0.625. The van der Waals surface area contributed by atoms with Crippen molar-refractivity contribution in [2.24, 2.45) is 5.73 Å². The highest BCUT2D eigenvalue weighted by molar-refractivity contribution is 5.31. The third kappa shape index (κ3) is 2.86. The Morgan fingerprint density at radius 3 is 2.11 bits per heavy atom. The van der Waals surface area contributed by atoms with Gasteiger partial charge in [-0.1, -0.05) is 32.9 Å². The van der Waals surface area contributed by atoms with E-state index in [1.54, 1.807) is 0 Å². The molecule has 100 valence electrons. The first kappa shape index (κ1) is 13.4. The van der Waals surface area contributed by atoms with Crippen molar-refractivity contribution < 1.29 is 4.74 Å². The molecule has 18 heavy (non-hydrogen) atoms. The van der Waals surface area contributed by atoms with E-state index in [2.05, 4.69) is 45.0 Å². The van der Waals surface area contributed by atoms with E-state index in [9.17, 15) is 0 Å². The molecule has 0 atom stereocenters. The van der Waals surface area contributed by atoms with E-state index < -0.39 is 0 Å². The van der Waals surface area contributed by atoms with Crippen molar-refractivity contribution in [3.63, 3.8) is 0 Å². The third-order valence-electron chi connectivity index (χ3n) is 3.94. The largest absolute Gasteiger partial charge is 0.486 e. The zero-order chi connectivity index (χ0) is 13.2. The summed E-state index contributed by atoms with van der Waals surface area (Å²) < 4.78 is 6.15. The molecule has 1 aromatic carbocycles. The van der Waals surface area contributed by atoms with E-state index >= 15 is 0 Å². The molecular formula is C16H25NO. The number of hydrogen-bond acceptors (Lipinski definition) is 2. The smallest absolute Gasteiger partial charge is 0.121 e. The average Bonchev–Trinajstić information content (AvgIpc) is 2.78. The van der Waals surface area contributed by atoms with Crippen molar-refractivity contribution in [3.05, 3.63) is 29.8 Å². The molecule has 0 radical (unpaired) electrons. The minimum atomic E-state index is -0.108. The lowest BCUT2D eigenvalue weighted by molar-refractivity contribution is 0.0853. The SMILES string of the molecule is CC(C)(C)c1ccc(OC2(CN)CCCC2)cc1. The first-order valence-corrected chi connectivity index (χ1v) is 6.95. The molecule has 1 aliphatic rings. The molecule has 0 aliphatic heterocycles. The molecule has 0 aromatic heterocycles. The van der Waals surface area contributed by atoms with Crippen LogP contribution in [0.3, 0.4) is 0 Å². The summed E-state index contributed by atoms with van der Waals surface area (Å²) in [5.41, 5.74) is 7.31. The summed E-state index contributed by atoms with van der Waals surface area (Å²) in [5, 5.41) is 0. The van der Waals surface area contributed by atoms with Gasteiger partial charge in [-0.05, 0) is 48.8 Å². The second kappa shape index (κ2) is 4.93. The average molecular weight is 247 g/mol. The van der Waals surface area contributed by atoms with Crippen LogP contribution < -0.4 is 10.5 Å². The fourth-order valence-electron chi connectivity index (χ4n) is 2.64. The van der Waals surface area contributed by atoms with Crippen LogP contribution in [0.15, 0.2) is 24.3 Å². The molecule has 0 bridgehead atoms. The molecule has 1 aliphatic carbocycles. The zero-order valence-electron chi connectivity index (χ0n) is 11.8. The van der Waals surface area contributed by atoms with Gasteiger partial charge in [0.1, 0.15) is 11.4 Å². The molecule has 0 spiro atoms. The summed E-state index contributed by atoms with van der Waals surface area (Å²) in [6, 6.07) is 8.48. The Hall–Kier alpha value is -1.02. The summed E-state index contributed by atoms with van der Waals surface area (Å²) in [5.74, 6) is 0.954. The van der Waals surface area contributed by atoms with Gasteiger partial charge in [0, 0.05) is 6.54 Å². The van der Waals surface area contributed by atoms with Crippen molar-refractivity contribution in [1.82, 2.24) is 0 Å². The Bertz CT molecular complexity index is 383. The Morgan fingerprint density at radius 2 is 1.67 bits per heavy atom. The molecule has 2 nitrogen and oxygen atoms in total. The topological polar surface area (TPSA) is 35.2 Å². The lowest BCUT2D eigenvalue weighted by Gasteiger charge is -2.29. The molecular weight excluding hydrogens is 222 g/mol. The minimum absolute atomic E-state index is 0.108. The Morgan fingerprint density at radius 1 is 1.11 bits per heavy atom. The van der Waals surface area contributed by atoms with Crippen LogP contribution in [0.2, 0.25) is 0 Å². The maximum Gasteiger partial charge on any atom is 0.121 e. The third-order valence-corrected chi connectivity index (χ3v) is 3.94. The lowest BCUT2D eigenvalue weighted by atomic mass is 9.87. The summed E-state index contributed by atoms with van der Waals surface area (Å²) in [4.78, 5) is 0. The highest BCUT2D eigenvalue weighted by atomic mass is 16.5. The maximum absolute atomic E-state index is 6.15. The van der Waals surface area contributed by atoms with Crippen LogP contribution in [0.1, 0.15) is 52.0 Å². The summed E-state index contributed by atoms with van der Waals surface area (Å²) in [6.07, 6.45) is 4.64. The second-order valence-corrected chi connectivity index (χ2v) is 6.47. The van der Waals surface area contributed by atoms with Crippen molar-refractivity contribution in [2.75, 3.05) is 6.54 Å². The molecule has 0 amide bonds. The van der Waals surface area contributed by atoms with Crippen molar-refractivity contribution in [2.45, 2.75) is 57.5 Å². The Balaban J connectivity index is 2.11. The minimum Gasteiger partial charge on any atom is -0.486 e. The molecule has 1 fully saturated rings. The van der Waals surface area contributed by atoms with E-state index in [0.29, 0.717) is 6.54 Å². The molecule has 0 heterocycles. The summed E-state index contributed by atoms with van der Waals surface area (Å²) in [7, 11) is 0. The van der Waals surface area contributed by atoms with Gasteiger partial charge in [0.05, 0.1) is 0 Å². The molecule has 2 rings (SSSR count). The highest BCUT2D eigenvalue weighted by Crippen LogP contribution is 2.34. The van der Waals surface area contributed by atoms with Crippen LogP contribution in [0.4, 0.5) is 0 Å². The van der Waals surface area contributed by atoms with Crippen LogP contribution in [0.5, 0.6) is 5.75 Å². The van der Waals surface area contributed by atoms with Crippen LogP contribution >= 0.6 is 0 Å². The first-order chi connectivity index (χ1) is 8.45. The van der Waals surface area contributed by atoms with Crippen LogP contribution in [0, 0.1) is 0 Å². The number of rotatable bonds is 3. The number of hydrogen-bond donors (Lipinski definition) is 1. The van der Waals surface area contributed by atoms with Crippen LogP contribution in [0.25, 0.3) is 0 Å². The molecule has 1 saturated carbocycles. The van der Waals surface area contributed by atoms with E-state index in [1.165, 1.54) is 18.4 Å². The number of ether oxygens (including phenoxy) is 1. The quantitative estimate of drug-likeness (QED) is 0.885. The van der Waals surface area contributed by atoms with Gasteiger partial charge in [-0.3, -0.25) is 0 Å². The number of nitrogens with two attached hydrogens (primary N) is 1. The zero-order valence-corrected chi connectivity index (χ0v) is 11.8. The van der Waals surface area contributed by atoms with Gasteiger partial charge in [0.2, 0.25) is 0 Å². The first-order valence-electron chi connectivity index (χ1n) is 6.95. The lowest BCUT2D eigenvalue weighted by Crippen LogP contribution is -2.40. The highest BCUT2D eigenvalue weighted by Gasteiger charge is 2.34. The van der Waals surface area contributed by atoms with E-state index in [0.717, 1.165) is 18.6 Å². The van der Waals surface area contributed by atoms with Gasteiger partial charge < -0.3 is 10.5 Å². The Labute approximate surface area is 111 Å². The molecule has 2 N–H and O–H groups in total. The monoisotopic (exact) mass is 247 g/mol. The number of benzene rings is 1. The van der Waals surface area contributed by atoms with Crippen LogP contribution in [-0.2, 0) is 5.41 Å². The van der Waals surface area contributed by atoms with Crippen molar-refractivity contribution in [1.29, 1.82) is 0 Å². The van der Waals surface area contributed by atoms with E-state index in [1.807, 2.05) is 0 Å². The molecule has 0 unspecified atom stereocenters. The van der Waals surface area contributed by atoms with Gasteiger partial charge in [-0.2, -0.15) is 0 Å². The fourth-order valence-corrected chi connectivity index (χ4v) is 2.64. The van der Waals surface area contributed by atoms with Crippen LogP contribution in [-0.4, -0.2) is 12.1 Å². The van der Waals surface area contributed by atoms with E-state index in [4.69, 9.17) is 10.5 Å². The van der Waals surface area contributed by atoms with E-state index in [-0.39, 0.29) is 11.0 Å². The Kier molecular flexibility index (Phi) is 3.67. The standard InChI is InChI=1S/C16H25NO/c1-15(2,3)13-6-8-14(9-7-13)18-16(12-17)10-4-5-11-16/h6-9H,4-5,10-12,17H2,1-3H3. The van der Waals surface area contributed by atoms with Gasteiger partial charge in [0.15, 0.2) is 0 Å². The summed E-state index contributed by atoms with van der Waals surface area (Å²) in [6.45, 7) is 7.29.